The predicted octanol–water partition coefficient (Wildman–Crippen LogP) is 1.79. The van der Waals surface area contributed by atoms with Gasteiger partial charge in [0.2, 0.25) is 0 Å². The van der Waals surface area contributed by atoms with Crippen LogP contribution in [0.3, 0.4) is 0 Å². The van der Waals surface area contributed by atoms with E-state index in [1.54, 1.807) is 0 Å². The maximum absolute atomic E-state index is 13.0. The number of aliphatic hydroxyl groups excluding tert-OH is 1. The Bertz CT molecular complexity index is 557. The SMILES string of the molecule is CCC(=S)N[C@H](CF)[C@H](O)c1ccc(S(C)(=O)=O)cc1. The number of benzene rings is 1. The summed E-state index contributed by atoms with van der Waals surface area (Å²) in [6.07, 6.45) is 0.563. The van der Waals surface area contributed by atoms with Gasteiger partial charge < -0.3 is 10.4 Å². The highest BCUT2D eigenvalue weighted by Crippen LogP contribution is 2.20. The van der Waals surface area contributed by atoms with Crippen LogP contribution in [0.5, 0.6) is 0 Å². The van der Waals surface area contributed by atoms with E-state index in [1.807, 2.05) is 6.92 Å². The molecule has 0 aliphatic rings. The van der Waals surface area contributed by atoms with Gasteiger partial charge in [-0.1, -0.05) is 31.3 Å². The summed E-state index contributed by atoms with van der Waals surface area (Å²) in [6, 6.07) is 4.88. The summed E-state index contributed by atoms with van der Waals surface area (Å²) in [5, 5.41) is 12.9. The van der Waals surface area contributed by atoms with Crippen molar-refractivity contribution in [1.82, 2.24) is 5.32 Å². The largest absolute Gasteiger partial charge is 0.386 e. The first-order valence-electron chi connectivity index (χ1n) is 6.13. The summed E-state index contributed by atoms with van der Waals surface area (Å²) in [5.74, 6) is 0. The van der Waals surface area contributed by atoms with Crippen LogP contribution >= 0.6 is 12.2 Å². The van der Waals surface area contributed by atoms with Gasteiger partial charge in [0.25, 0.3) is 0 Å². The molecule has 0 aromatic heterocycles. The van der Waals surface area contributed by atoms with Gasteiger partial charge in [0, 0.05) is 6.26 Å². The second-order valence-electron chi connectivity index (χ2n) is 4.47. The van der Waals surface area contributed by atoms with E-state index in [0.29, 0.717) is 17.0 Å². The molecular weight excluding hydrogens is 301 g/mol. The number of aliphatic hydroxyl groups is 1. The van der Waals surface area contributed by atoms with Gasteiger partial charge in [0.1, 0.15) is 12.8 Å². The molecule has 1 aromatic carbocycles. The minimum atomic E-state index is -3.29. The zero-order valence-corrected chi connectivity index (χ0v) is 13.0. The topological polar surface area (TPSA) is 66.4 Å². The predicted molar refractivity (Wildman–Crippen MR) is 80.3 cm³/mol. The lowest BCUT2D eigenvalue weighted by Crippen LogP contribution is -2.39. The first-order valence-corrected chi connectivity index (χ1v) is 8.43. The number of thiocarbonyl (C=S) groups is 1. The monoisotopic (exact) mass is 319 g/mol. The first kappa shape index (κ1) is 17.0. The number of alkyl halides is 1. The van der Waals surface area contributed by atoms with E-state index in [0.717, 1.165) is 6.26 Å². The Kier molecular flexibility index (Phi) is 6.04. The van der Waals surface area contributed by atoms with Crippen LogP contribution in [0.4, 0.5) is 4.39 Å². The lowest BCUT2D eigenvalue weighted by Gasteiger charge is -2.23. The second-order valence-corrected chi connectivity index (χ2v) is 6.98. The number of nitrogens with one attached hydrogen (secondary N) is 1. The van der Waals surface area contributed by atoms with Gasteiger partial charge in [-0.3, -0.25) is 0 Å². The van der Waals surface area contributed by atoms with Crippen molar-refractivity contribution in [3.63, 3.8) is 0 Å². The molecule has 2 atom stereocenters. The van der Waals surface area contributed by atoms with Crippen LogP contribution < -0.4 is 5.32 Å². The Labute approximate surface area is 123 Å². The molecule has 20 heavy (non-hydrogen) atoms. The molecule has 0 aliphatic carbocycles. The summed E-state index contributed by atoms with van der Waals surface area (Å²) < 4.78 is 35.7. The normalized spacial score (nSPS) is 14.6. The van der Waals surface area contributed by atoms with E-state index >= 15 is 0 Å². The number of hydrogen-bond donors (Lipinski definition) is 2. The molecule has 0 saturated heterocycles. The molecule has 0 amide bonds. The molecule has 0 bridgehead atoms. The molecule has 112 valence electrons. The standard InChI is InChI=1S/C13H18FNO3S2/c1-3-12(19)15-11(8-14)13(16)9-4-6-10(7-5-9)20(2,17)18/h4-7,11,13,16H,3,8H2,1-2H3,(H,15,19)/t11-,13-/m1/s1. The van der Waals surface area contributed by atoms with Gasteiger partial charge in [0.05, 0.1) is 15.9 Å². The lowest BCUT2D eigenvalue weighted by atomic mass is 10.0. The van der Waals surface area contributed by atoms with E-state index in [1.165, 1.54) is 24.3 Å². The highest BCUT2D eigenvalue weighted by atomic mass is 32.2. The second kappa shape index (κ2) is 7.10. The third-order valence-electron chi connectivity index (χ3n) is 2.86. The first-order chi connectivity index (χ1) is 9.29. The molecule has 1 rings (SSSR count). The van der Waals surface area contributed by atoms with E-state index < -0.39 is 28.7 Å². The van der Waals surface area contributed by atoms with Gasteiger partial charge in [0.15, 0.2) is 9.84 Å². The molecule has 0 fully saturated rings. The number of sulfone groups is 1. The molecule has 2 N–H and O–H groups in total. The fourth-order valence-electron chi connectivity index (χ4n) is 1.66. The highest BCUT2D eigenvalue weighted by Gasteiger charge is 2.21. The van der Waals surface area contributed by atoms with Crippen LogP contribution in [-0.4, -0.2) is 37.5 Å². The molecule has 7 heteroatoms. The van der Waals surface area contributed by atoms with Crippen molar-refractivity contribution in [3.8, 4) is 0 Å². The molecule has 0 spiro atoms. The summed E-state index contributed by atoms with van der Waals surface area (Å²) in [5.41, 5.74) is 0.437. The number of rotatable bonds is 6. The highest BCUT2D eigenvalue weighted by molar-refractivity contribution is 7.90. The summed E-state index contributed by atoms with van der Waals surface area (Å²) in [4.78, 5) is 0.627. The Morgan fingerprint density at radius 1 is 1.40 bits per heavy atom. The lowest BCUT2D eigenvalue weighted by molar-refractivity contribution is 0.123. The van der Waals surface area contributed by atoms with Crippen LogP contribution in [0, 0.1) is 0 Å². The van der Waals surface area contributed by atoms with Gasteiger partial charge >= 0.3 is 0 Å². The minimum absolute atomic E-state index is 0.155. The van der Waals surface area contributed by atoms with Crippen LogP contribution in [-0.2, 0) is 9.84 Å². The van der Waals surface area contributed by atoms with E-state index in [9.17, 15) is 17.9 Å². The minimum Gasteiger partial charge on any atom is -0.386 e. The van der Waals surface area contributed by atoms with Crippen molar-refractivity contribution in [3.05, 3.63) is 29.8 Å². The molecule has 0 radical (unpaired) electrons. The van der Waals surface area contributed by atoms with Gasteiger partial charge in [-0.05, 0) is 24.1 Å². The van der Waals surface area contributed by atoms with Gasteiger partial charge in [-0.2, -0.15) is 0 Å². The van der Waals surface area contributed by atoms with E-state index in [4.69, 9.17) is 12.2 Å². The van der Waals surface area contributed by atoms with Crippen LogP contribution in [0.2, 0.25) is 0 Å². The van der Waals surface area contributed by atoms with Crippen molar-refractivity contribution in [2.45, 2.75) is 30.4 Å². The van der Waals surface area contributed by atoms with Crippen LogP contribution in [0.1, 0.15) is 25.0 Å². The zero-order chi connectivity index (χ0) is 15.3. The van der Waals surface area contributed by atoms with Crippen LogP contribution in [0.15, 0.2) is 29.2 Å². The number of hydrogen-bond acceptors (Lipinski definition) is 4. The molecule has 0 saturated carbocycles. The van der Waals surface area contributed by atoms with Crippen molar-refractivity contribution in [2.75, 3.05) is 12.9 Å². The molecule has 0 heterocycles. The van der Waals surface area contributed by atoms with Crippen molar-refractivity contribution in [1.29, 1.82) is 0 Å². The molecule has 0 aliphatic heterocycles. The Morgan fingerprint density at radius 2 is 1.95 bits per heavy atom. The maximum atomic E-state index is 13.0. The van der Waals surface area contributed by atoms with Gasteiger partial charge in [-0.15, -0.1) is 0 Å². The van der Waals surface area contributed by atoms with Crippen molar-refractivity contribution in [2.24, 2.45) is 0 Å². The third-order valence-corrected chi connectivity index (χ3v) is 4.40. The van der Waals surface area contributed by atoms with Crippen LogP contribution in [0.25, 0.3) is 0 Å². The molecule has 0 unspecified atom stereocenters. The number of halogens is 1. The average Bonchev–Trinajstić information content (AvgIpc) is 2.42. The van der Waals surface area contributed by atoms with Crippen molar-refractivity contribution < 1.29 is 17.9 Å². The molecule has 4 nitrogen and oxygen atoms in total. The Balaban J connectivity index is 2.90. The zero-order valence-electron chi connectivity index (χ0n) is 11.3. The third kappa shape index (κ3) is 4.50. The van der Waals surface area contributed by atoms with E-state index in [2.05, 4.69) is 5.32 Å². The molecular formula is C13H18FNO3S2. The smallest absolute Gasteiger partial charge is 0.175 e. The molecule has 1 aromatic rings. The summed E-state index contributed by atoms with van der Waals surface area (Å²) >= 11 is 4.97. The fourth-order valence-corrected chi connectivity index (χ4v) is 2.44. The van der Waals surface area contributed by atoms with Crippen molar-refractivity contribution >= 4 is 27.0 Å². The van der Waals surface area contributed by atoms with E-state index in [-0.39, 0.29) is 4.90 Å². The van der Waals surface area contributed by atoms with Gasteiger partial charge in [-0.25, -0.2) is 12.8 Å². The fraction of sp³-hybridized carbons (Fsp3) is 0.462. The summed E-state index contributed by atoms with van der Waals surface area (Å²) in [6.45, 7) is 1.05. The Morgan fingerprint density at radius 3 is 2.35 bits per heavy atom. The Hall–Kier alpha value is -1.05. The summed E-state index contributed by atoms with van der Waals surface area (Å²) in [7, 11) is -3.29. The maximum Gasteiger partial charge on any atom is 0.175 e. The average molecular weight is 319 g/mol. The quantitative estimate of drug-likeness (QED) is 0.783.